The summed E-state index contributed by atoms with van der Waals surface area (Å²) in [5.41, 5.74) is 2.22. The molecule has 1 atom stereocenters. The molecule has 0 fully saturated rings. The summed E-state index contributed by atoms with van der Waals surface area (Å²) < 4.78 is 19.7. The van der Waals surface area contributed by atoms with Crippen LogP contribution < -0.4 is 9.64 Å². The maximum absolute atomic E-state index is 14.3. The number of carbonyl (C=O) groups is 1. The van der Waals surface area contributed by atoms with Crippen LogP contribution in [0.1, 0.15) is 30.0 Å². The minimum Gasteiger partial charge on any atom is -0.489 e. The van der Waals surface area contributed by atoms with E-state index < -0.39 is 5.82 Å². The molecule has 2 aromatic rings. The van der Waals surface area contributed by atoms with Crippen molar-refractivity contribution >= 4 is 11.6 Å². The lowest BCUT2D eigenvalue weighted by molar-refractivity contribution is -0.120. The average molecular weight is 312 g/mol. The van der Waals surface area contributed by atoms with Crippen LogP contribution in [-0.4, -0.2) is 24.0 Å². The van der Waals surface area contributed by atoms with Crippen molar-refractivity contribution in [2.24, 2.45) is 0 Å². The predicted octanol–water partition coefficient (Wildman–Crippen LogP) is 3.07. The molecule has 0 saturated heterocycles. The molecular weight excluding hydrogens is 295 g/mol. The number of nitrogens with zero attached hydrogens (tertiary/aromatic N) is 2. The van der Waals surface area contributed by atoms with E-state index >= 15 is 0 Å². The molecule has 0 spiro atoms. The van der Waals surface area contributed by atoms with Gasteiger partial charge in [-0.2, -0.15) is 0 Å². The summed E-state index contributed by atoms with van der Waals surface area (Å²) >= 11 is 0. The molecule has 4 nitrogen and oxygen atoms in total. The molecule has 1 aliphatic heterocycles. The molecule has 5 heteroatoms. The number of rotatable bonds is 1. The molecule has 0 N–H and O–H groups in total. The molecule has 118 valence electrons. The minimum absolute atomic E-state index is 0.0840. The lowest BCUT2D eigenvalue weighted by Crippen LogP contribution is -2.42. The van der Waals surface area contributed by atoms with Crippen LogP contribution in [0.25, 0.3) is 0 Å². The second-order valence-electron chi connectivity index (χ2n) is 5.92. The summed E-state index contributed by atoms with van der Waals surface area (Å²) in [7, 11) is 0. The van der Waals surface area contributed by atoms with Gasteiger partial charge in [-0.05, 0) is 43.0 Å². The van der Waals surface area contributed by atoms with Crippen LogP contribution >= 0.6 is 0 Å². The first-order valence-electron chi connectivity index (χ1n) is 7.92. The van der Waals surface area contributed by atoms with Crippen molar-refractivity contribution in [1.82, 2.24) is 4.98 Å². The molecule has 1 aliphatic carbocycles. The lowest BCUT2D eigenvalue weighted by atomic mass is 9.85. The van der Waals surface area contributed by atoms with Gasteiger partial charge in [-0.1, -0.05) is 12.1 Å². The first-order valence-corrected chi connectivity index (χ1v) is 7.92. The Bertz CT molecular complexity index is 762. The molecule has 0 unspecified atom stereocenters. The fourth-order valence-electron chi connectivity index (χ4n) is 3.49. The van der Waals surface area contributed by atoms with Crippen LogP contribution in [0, 0.1) is 5.82 Å². The molecular formula is C18H17FN2O2. The number of halogens is 1. The van der Waals surface area contributed by atoms with E-state index in [1.807, 2.05) is 12.1 Å². The van der Waals surface area contributed by atoms with Gasteiger partial charge in [-0.3, -0.25) is 9.78 Å². The van der Waals surface area contributed by atoms with Gasteiger partial charge < -0.3 is 9.64 Å². The van der Waals surface area contributed by atoms with Gasteiger partial charge in [-0.15, -0.1) is 0 Å². The number of amides is 1. The van der Waals surface area contributed by atoms with Gasteiger partial charge in [-0.25, -0.2) is 4.39 Å². The number of hydrogen-bond acceptors (Lipinski definition) is 3. The highest BCUT2D eigenvalue weighted by atomic mass is 19.1. The summed E-state index contributed by atoms with van der Waals surface area (Å²) in [4.78, 5) is 19.0. The highest BCUT2D eigenvalue weighted by molar-refractivity contribution is 5.99. The summed E-state index contributed by atoms with van der Waals surface area (Å²) in [5, 5.41) is 0. The van der Waals surface area contributed by atoms with Crippen LogP contribution in [0.4, 0.5) is 10.1 Å². The molecule has 2 heterocycles. The Morgan fingerprint density at radius 1 is 1.30 bits per heavy atom. The van der Waals surface area contributed by atoms with Crippen LogP contribution in [0.3, 0.4) is 0 Å². The molecule has 0 bridgehead atoms. The van der Waals surface area contributed by atoms with Gasteiger partial charge in [0.25, 0.3) is 0 Å². The molecule has 0 saturated carbocycles. The monoisotopic (exact) mass is 312 g/mol. The van der Waals surface area contributed by atoms with Crippen molar-refractivity contribution in [2.45, 2.75) is 25.2 Å². The molecule has 1 aromatic carbocycles. The highest BCUT2D eigenvalue weighted by Crippen LogP contribution is 2.38. The van der Waals surface area contributed by atoms with Gasteiger partial charge in [0, 0.05) is 6.20 Å². The Kier molecular flexibility index (Phi) is 3.48. The summed E-state index contributed by atoms with van der Waals surface area (Å²) in [5.74, 6) is -0.376. The third-order valence-electron chi connectivity index (χ3n) is 4.55. The van der Waals surface area contributed by atoms with Gasteiger partial charge >= 0.3 is 0 Å². The standard InChI is InChI=1S/C18H17FN2O2/c19-14-7-2-8-15-17(14)21(10-11-23-15)18(22)13-6-1-4-12-5-3-9-20-16(12)13/h2-3,5,7-9,13H,1,4,6,10-11H2/t13-/m0/s1. The number of ether oxygens (including phenoxy) is 1. The molecule has 2 aliphatic rings. The number of pyridine rings is 1. The number of fused-ring (bicyclic) bond motifs is 2. The fraction of sp³-hybridized carbons (Fsp3) is 0.333. The highest BCUT2D eigenvalue weighted by Gasteiger charge is 2.35. The molecule has 23 heavy (non-hydrogen) atoms. The van der Waals surface area contributed by atoms with Crippen molar-refractivity contribution in [3.8, 4) is 5.75 Å². The van der Waals surface area contributed by atoms with E-state index in [4.69, 9.17) is 4.74 Å². The maximum atomic E-state index is 14.3. The Balaban J connectivity index is 1.72. The second-order valence-corrected chi connectivity index (χ2v) is 5.92. The summed E-state index contributed by atoms with van der Waals surface area (Å²) in [6.07, 6.45) is 4.37. The van der Waals surface area contributed by atoms with Crippen molar-refractivity contribution in [3.63, 3.8) is 0 Å². The lowest BCUT2D eigenvalue weighted by Gasteiger charge is -2.33. The number of aryl methyl sites for hydroxylation is 1. The van der Waals surface area contributed by atoms with Crippen molar-refractivity contribution < 1.29 is 13.9 Å². The van der Waals surface area contributed by atoms with E-state index in [2.05, 4.69) is 4.98 Å². The van der Waals surface area contributed by atoms with Crippen molar-refractivity contribution in [2.75, 3.05) is 18.1 Å². The number of hydrogen-bond donors (Lipinski definition) is 0. The fourth-order valence-corrected chi connectivity index (χ4v) is 3.49. The molecule has 1 aromatic heterocycles. The Labute approximate surface area is 133 Å². The van der Waals surface area contributed by atoms with E-state index in [9.17, 15) is 9.18 Å². The van der Waals surface area contributed by atoms with E-state index in [1.54, 1.807) is 18.3 Å². The quantitative estimate of drug-likeness (QED) is 0.813. The zero-order valence-corrected chi connectivity index (χ0v) is 12.7. The third kappa shape index (κ3) is 2.36. The Morgan fingerprint density at radius 2 is 2.22 bits per heavy atom. The number of anilines is 1. The smallest absolute Gasteiger partial charge is 0.236 e. The second kappa shape index (κ2) is 5.65. The zero-order chi connectivity index (χ0) is 15.8. The normalized spacial score (nSPS) is 19.5. The van der Waals surface area contributed by atoms with E-state index in [0.717, 1.165) is 30.5 Å². The van der Waals surface area contributed by atoms with E-state index in [0.29, 0.717) is 18.9 Å². The largest absolute Gasteiger partial charge is 0.489 e. The van der Waals surface area contributed by atoms with Crippen LogP contribution in [0.5, 0.6) is 5.75 Å². The first-order chi connectivity index (χ1) is 11.3. The number of aromatic nitrogens is 1. The molecule has 1 amide bonds. The van der Waals surface area contributed by atoms with Gasteiger partial charge in [0.1, 0.15) is 18.0 Å². The number of carbonyl (C=O) groups excluding carboxylic acids is 1. The third-order valence-corrected chi connectivity index (χ3v) is 4.55. The Morgan fingerprint density at radius 3 is 3.13 bits per heavy atom. The average Bonchev–Trinajstić information content (AvgIpc) is 2.60. The van der Waals surface area contributed by atoms with Gasteiger partial charge in [0.2, 0.25) is 5.91 Å². The van der Waals surface area contributed by atoms with Crippen molar-refractivity contribution in [1.29, 1.82) is 0 Å². The molecule has 4 rings (SSSR count). The van der Waals surface area contributed by atoms with Crippen LogP contribution in [-0.2, 0) is 11.2 Å². The number of benzene rings is 1. The van der Waals surface area contributed by atoms with E-state index in [-0.39, 0.29) is 17.5 Å². The van der Waals surface area contributed by atoms with E-state index in [1.165, 1.54) is 11.0 Å². The Hall–Kier alpha value is -2.43. The maximum Gasteiger partial charge on any atom is 0.236 e. The topological polar surface area (TPSA) is 42.4 Å². The van der Waals surface area contributed by atoms with Gasteiger partial charge in [0.15, 0.2) is 5.82 Å². The molecule has 0 radical (unpaired) electrons. The SMILES string of the molecule is O=C([C@H]1CCCc2cccnc21)N1CCOc2cccc(F)c21. The summed E-state index contributed by atoms with van der Waals surface area (Å²) in [6, 6.07) is 8.58. The van der Waals surface area contributed by atoms with Gasteiger partial charge in [0.05, 0.1) is 18.2 Å². The summed E-state index contributed by atoms with van der Waals surface area (Å²) in [6.45, 7) is 0.745. The predicted molar refractivity (Wildman–Crippen MR) is 84.2 cm³/mol. The number of para-hydroxylation sites is 1. The first kappa shape index (κ1) is 14.2. The van der Waals surface area contributed by atoms with Crippen LogP contribution in [0.15, 0.2) is 36.5 Å². The van der Waals surface area contributed by atoms with Crippen LogP contribution in [0.2, 0.25) is 0 Å². The minimum atomic E-state index is -0.424. The van der Waals surface area contributed by atoms with Crippen molar-refractivity contribution in [3.05, 3.63) is 53.6 Å². The zero-order valence-electron chi connectivity index (χ0n) is 12.7.